The molecule has 1 aliphatic heterocycles. The minimum Gasteiger partial charge on any atom is -0.336 e. The molecule has 7 nitrogen and oxygen atoms in total. The Balaban J connectivity index is 2.44. The summed E-state index contributed by atoms with van der Waals surface area (Å²) in [4.78, 5) is 24.6. The second-order valence-corrected chi connectivity index (χ2v) is 4.59. The zero-order valence-electron chi connectivity index (χ0n) is 10.6. The lowest BCUT2D eigenvalue weighted by molar-refractivity contribution is -0.384. The molecule has 102 valence electrons. The molecule has 7 heteroatoms. The first-order chi connectivity index (χ1) is 9.06. The first kappa shape index (κ1) is 13.3. The highest BCUT2D eigenvalue weighted by atomic mass is 16.6. The number of nitrogens with zero attached hydrogens (tertiary/aromatic N) is 2. The third-order valence-electron chi connectivity index (χ3n) is 3.42. The van der Waals surface area contributed by atoms with Gasteiger partial charge in [0.1, 0.15) is 11.3 Å². The van der Waals surface area contributed by atoms with Crippen molar-refractivity contribution < 1.29 is 9.72 Å². The molecule has 0 saturated carbocycles. The molecule has 19 heavy (non-hydrogen) atoms. The molecule has 1 saturated heterocycles. The van der Waals surface area contributed by atoms with Gasteiger partial charge in [0.15, 0.2) is 0 Å². The predicted octanol–water partition coefficient (Wildman–Crippen LogP) is 1.50. The maximum absolute atomic E-state index is 12.4. The normalized spacial score (nSPS) is 18.4. The molecule has 1 amide bonds. The van der Waals surface area contributed by atoms with E-state index in [0.29, 0.717) is 6.54 Å². The third kappa shape index (κ3) is 2.37. The molecular formula is C12H16N4O3. The van der Waals surface area contributed by atoms with E-state index >= 15 is 0 Å². The summed E-state index contributed by atoms with van der Waals surface area (Å²) in [7, 11) is 0. The smallest absolute Gasteiger partial charge is 0.306 e. The van der Waals surface area contributed by atoms with Gasteiger partial charge in [-0.1, -0.05) is 6.07 Å². The van der Waals surface area contributed by atoms with Crippen LogP contribution in [0, 0.1) is 10.1 Å². The summed E-state index contributed by atoms with van der Waals surface area (Å²) >= 11 is 0. The number of hydrogen-bond donors (Lipinski definition) is 2. The maximum Gasteiger partial charge on any atom is 0.306 e. The van der Waals surface area contributed by atoms with Crippen LogP contribution in [0.15, 0.2) is 18.2 Å². The van der Waals surface area contributed by atoms with Crippen LogP contribution >= 0.6 is 0 Å². The van der Waals surface area contributed by atoms with Gasteiger partial charge in [0, 0.05) is 12.6 Å². The van der Waals surface area contributed by atoms with Gasteiger partial charge in [0.25, 0.3) is 5.91 Å². The molecule has 1 aromatic rings. The Hall–Kier alpha value is -2.15. The minimum atomic E-state index is -0.580. The fraction of sp³-hybridized carbons (Fsp3) is 0.417. The number of rotatable bonds is 3. The number of nitrogen functional groups attached to an aromatic ring is 1. The number of carbonyl (C=O) groups excluding carboxylic acids is 1. The van der Waals surface area contributed by atoms with Gasteiger partial charge in [-0.15, -0.1) is 0 Å². The van der Waals surface area contributed by atoms with E-state index in [1.54, 1.807) is 11.0 Å². The van der Waals surface area contributed by atoms with Crippen LogP contribution in [-0.2, 0) is 0 Å². The summed E-state index contributed by atoms with van der Waals surface area (Å²) in [5.74, 6) is 4.95. The largest absolute Gasteiger partial charge is 0.336 e. The summed E-state index contributed by atoms with van der Waals surface area (Å²) in [6.45, 7) is 2.58. The van der Waals surface area contributed by atoms with E-state index in [4.69, 9.17) is 5.84 Å². The van der Waals surface area contributed by atoms with Crippen molar-refractivity contribution in [1.29, 1.82) is 0 Å². The van der Waals surface area contributed by atoms with Crippen LogP contribution in [0.25, 0.3) is 0 Å². The highest BCUT2D eigenvalue weighted by molar-refractivity contribution is 6.00. The van der Waals surface area contributed by atoms with Crippen molar-refractivity contribution in [1.82, 2.24) is 4.90 Å². The van der Waals surface area contributed by atoms with E-state index in [1.165, 1.54) is 12.1 Å². The standard InChI is InChI=1S/C12H16N4O3/c1-8-4-3-7-15(8)12(17)9-5-2-6-10(14-13)11(9)16(18)19/h2,5-6,8,14H,3-4,7,13H2,1H3. The molecule has 1 heterocycles. The van der Waals surface area contributed by atoms with Crippen molar-refractivity contribution in [2.75, 3.05) is 12.0 Å². The molecule has 2 rings (SSSR count). The molecule has 0 spiro atoms. The van der Waals surface area contributed by atoms with Crippen LogP contribution in [0.5, 0.6) is 0 Å². The Morgan fingerprint density at radius 3 is 2.84 bits per heavy atom. The fourth-order valence-electron chi connectivity index (χ4n) is 2.42. The quantitative estimate of drug-likeness (QED) is 0.489. The molecule has 1 fully saturated rings. The lowest BCUT2D eigenvalue weighted by atomic mass is 10.1. The van der Waals surface area contributed by atoms with Crippen molar-refractivity contribution in [3.05, 3.63) is 33.9 Å². The second-order valence-electron chi connectivity index (χ2n) is 4.59. The lowest BCUT2D eigenvalue weighted by Gasteiger charge is -2.21. The first-order valence-corrected chi connectivity index (χ1v) is 6.11. The third-order valence-corrected chi connectivity index (χ3v) is 3.42. The van der Waals surface area contributed by atoms with Crippen molar-refractivity contribution >= 4 is 17.3 Å². The molecule has 0 radical (unpaired) electrons. The average molecular weight is 264 g/mol. The number of hydrazine groups is 1. The highest BCUT2D eigenvalue weighted by Gasteiger charge is 2.31. The Labute approximate surface area is 110 Å². The number of likely N-dealkylation sites (tertiary alicyclic amines) is 1. The van der Waals surface area contributed by atoms with E-state index in [-0.39, 0.29) is 28.9 Å². The monoisotopic (exact) mass is 264 g/mol. The second kappa shape index (κ2) is 5.23. The van der Waals surface area contributed by atoms with Crippen LogP contribution in [0.4, 0.5) is 11.4 Å². The molecule has 0 aromatic heterocycles. The van der Waals surface area contributed by atoms with Gasteiger partial charge in [-0.25, -0.2) is 0 Å². The average Bonchev–Trinajstić information content (AvgIpc) is 2.83. The summed E-state index contributed by atoms with van der Waals surface area (Å²) in [6, 6.07) is 4.63. The van der Waals surface area contributed by atoms with Crippen molar-refractivity contribution in [2.45, 2.75) is 25.8 Å². The van der Waals surface area contributed by atoms with E-state index in [9.17, 15) is 14.9 Å². The Morgan fingerprint density at radius 1 is 1.58 bits per heavy atom. The number of anilines is 1. The number of hydrogen-bond acceptors (Lipinski definition) is 5. The lowest BCUT2D eigenvalue weighted by Crippen LogP contribution is -2.34. The fourth-order valence-corrected chi connectivity index (χ4v) is 2.42. The Morgan fingerprint density at radius 2 is 2.32 bits per heavy atom. The number of nitrogens with one attached hydrogen (secondary N) is 1. The van der Waals surface area contributed by atoms with Crippen LogP contribution in [0.2, 0.25) is 0 Å². The summed E-state index contributed by atoms with van der Waals surface area (Å²) in [5.41, 5.74) is 2.21. The van der Waals surface area contributed by atoms with E-state index < -0.39 is 4.92 Å². The highest BCUT2D eigenvalue weighted by Crippen LogP contribution is 2.30. The topological polar surface area (TPSA) is 102 Å². The number of benzene rings is 1. The van der Waals surface area contributed by atoms with E-state index in [2.05, 4.69) is 5.43 Å². The number of para-hydroxylation sites is 1. The van der Waals surface area contributed by atoms with Gasteiger partial charge in [0.05, 0.1) is 4.92 Å². The molecule has 0 bridgehead atoms. The van der Waals surface area contributed by atoms with E-state index in [0.717, 1.165) is 12.8 Å². The van der Waals surface area contributed by atoms with Gasteiger partial charge in [-0.3, -0.25) is 20.8 Å². The van der Waals surface area contributed by atoms with Crippen molar-refractivity contribution in [2.24, 2.45) is 5.84 Å². The first-order valence-electron chi connectivity index (χ1n) is 6.11. The number of nitro groups is 1. The predicted molar refractivity (Wildman–Crippen MR) is 70.6 cm³/mol. The van der Waals surface area contributed by atoms with Crippen LogP contribution in [-0.4, -0.2) is 28.3 Å². The van der Waals surface area contributed by atoms with Gasteiger partial charge in [-0.05, 0) is 31.9 Å². The number of nitro benzene ring substituents is 1. The van der Waals surface area contributed by atoms with E-state index in [1.807, 2.05) is 6.92 Å². The van der Waals surface area contributed by atoms with Crippen LogP contribution in [0.1, 0.15) is 30.1 Å². The molecule has 1 unspecified atom stereocenters. The number of carbonyl (C=O) groups is 1. The molecule has 0 aliphatic carbocycles. The van der Waals surface area contributed by atoms with Gasteiger partial charge < -0.3 is 10.3 Å². The van der Waals surface area contributed by atoms with Crippen molar-refractivity contribution in [3.63, 3.8) is 0 Å². The van der Waals surface area contributed by atoms with Gasteiger partial charge in [0.2, 0.25) is 0 Å². The molecule has 1 aromatic carbocycles. The molecule has 3 N–H and O–H groups in total. The Bertz CT molecular complexity index is 518. The van der Waals surface area contributed by atoms with Crippen molar-refractivity contribution in [3.8, 4) is 0 Å². The summed E-state index contributed by atoms with van der Waals surface area (Å²) in [6.07, 6.45) is 1.85. The Kier molecular flexibility index (Phi) is 3.66. The van der Waals surface area contributed by atoms with Gasteiger partial charge in [-0.2, -0.15) is 0 Å². The van der Waals surface area contributed by atoms with Crippen LogP contribution in [0.3, 0.4) is 0 Å². The zero-order valence-corrected chi connectivity index (χ0v) is 10.6. The minimum absolute atomic E-state index is 0.0780. The summed E-state index contributed by atoms with van der Waals surface area (Å²) in [5, 5.41) is 11.1. The SMILES string of the molecule is CC1CCCN1C(=O)c1cccc(NN)c1[N+](=O)[O-]. The molecular weight excluding hydrogens is 248 g/mol. The summed E-state index contributed by atoms with van der Waals surface area (Å²) < 4.78 is 0. The molecule has 1 atom stereocenters. The molecule has 1 aliphatic rings. The number of amides is 1. The van der Waals surface area contributed by atoms with Crippen LogP contribution < -0.4 is 11.3 Å². The zero-order chi connectivity index (χ0) is 14.0. The maximum atomic E-state index is 12.4. The van der Waals surface area contributed by atoms with Gasteiger partial charge >= 0.3 is 5.69 Å². The number of nitrogens with two attached hydrogens (primary N) is 1.